The quantitative estimate of drug-likeness (QED) is 0.487. The summed E-state index contributed by atoms with van der Waals surface area (Å²) in [7, 11) is 3.37. The van der Waals surface area contributed by atoms with Crippen molar-refractivity contribution in [1.29, 1.82) is 0 Å². The molecular formula is C26H36N4O4. The lowest BCUT2D eigenvalue weighted by atomic mass is 10.1. The van der Waals surface area contributed by atoms with Gasteiger partial charge in [0.25, 0.3) is 0 Å². The highest BCUT2D eigenvalue weighted by atomic mass is 16.5. The molecule has 0 amide bonds. The number of oxime groups is 2. The van der Waals surface area contributed by atoms with Crippen molar-refractivity contribution in [1.82, 2.24) is 9.80 Å². The molecule has 2 aromatic rings. The van der Waals surface area contributed by atoms with E-state index >= 15 is 0 Å². The summed E-state index contributed by atoms with van der Waals surface area (Å²) in [6.07, 6.45) is 3.45. The number of methoxy groups -OCH3 is 2. The minimum absolute atomic E-state index is 0.862. The van der Waals surface area contributed by atoms with E-state index in [1.165, 1.54) is 11.1 Å². The first kappa shape index (κ1) is 25.5. The van der Waals surface area contributed by atoms with Crippen LogP contribution < -0.4 is 9.47 Å². The zero-order valence-corrected chi connectivity index (χ0v) is 20.2. The number of hydrogen-bond donors (Lipinski definition) is 2. The number of benzene rings is 2. The van der Waals surface area contributed by atoms with Gasteiger partial charge in [-0.25, -0.2) is 0 Å². The molecule has 2 N–H and O–H groups in total. The molecule has 0 unspecified atom stereocenters. The Bertz CT molecular complexity index is 866. The van der Waals surface area contributed by atoms with Crippen molar-refractivity contribution in [3.05, 3.63) is 59.7 Å². The average molecular weight is 469 g/mol. The second-order valence-corrected chi connectivity index (χ2v) is 8.59. The third kappa shape index (κ3) is 8.04. The third-order valence-corrected chi connectivity index (χ3v) is 6.23. The normalized spacial score (nSPS) is 16.9. The highest BCUT2D eigenvalue weighted by molar-refractivity contribution is 5.85. The molecule has 2 fully saturated rings. The first-order chi connectivity index (χ1) is 16.6. The van der Waals surface area contributed by atoms with Crippen LogP contribution in [0.1, 0.15) is 36.8 Å². The van der Waals surface area contributed by atoms with Crippen molar-refractivity contribution in [2.24, 2.45) is 10.3 Å². The molecule has 2 aliphatic heterocycles. The average Bonchev–Trinajstić information content (AvgIpc) is 2.90. The number of rotatable bonds is 6. The van der Waals surface area contributed by atoms with Gasteiger partial charge in [0.2, 0.25) is 0 Å². The SMILES string of the molecule is COc1cccc(CN2CCC(=NO)CC2)c1.COc1cccc(CN2CCC(=NO)CC2)c1. The van der Waals surface area contributed by atoms with Gasteiger partial charge in [0.05, 0.1) is 25.6 Å². The topological polar surface area (TPSA) is 90.1 Å². The fourth-order valence-corrected chi connectivity index (χ4v) is 4.20. The zero-order chi connectivity index (χ0) is 24.2. The van der Waals surface area contributed by atoms with Gasteiger partial charge in [0.15, 0.2) is 0 Å². The van der Waals surface area contributed by atoms with Gasteiger partial charge in [-0.2, -0.15) is 0 Å². The maximum Gasteiger partial charge on any atom is 0.119 e. The molecule has 2 aliphatic rings. The molecule has 0 radical (unpaired) electrons. The lowest BCUT2D eigenvalue weighted by Crippen LogP contribution is -2.33. The first-order valence-corrected chi connectivity index (χ1v) is 11.7. The summed E-state index contributed by atoms with van der Waals surface area (Å²) >= 11 is 0. The van der Waals surface area contributed by atoms with Crippen LogP contribution in [0.2, 0.25) is 0 Å². The monoisotopic (exact) mass is 468 g/mol. The second kappa shape index (κ2) is 13.6. The summed E-state index contributed by atoms with van der Waals surface area (Å²) in [5.41, 5.74) is 4.33. The van der Waals surface area contributed by atoms with Crippen molar-refractivity contribution < 1.29 is 19.9 Å². The van der Waals surface area contributed by atoms with Gasteiger partial charge >= 0.3 is 0 Å². The van der Waals surface area contributed by atoms with E-state index in [0.29, 0.717) is 0 Å². The molecule has 0 bridgehead atoms. The Hall–Kier alpha value is -3.10. The lowest BCUT2D eigenvalue weighted by molar-refractivity contribution is 0.256. The Labute approximate surface area is 202 Å². The number of likely N-dealkylation sites (tertiary alicyclic amines) is 2. The molecule has 4 rings (SSSR count). The summed E-state index contributed by atoms with van der Waals surface area (Å²) in [4.78, 5) is 4.73. The van der Waals surface area contributed by atoms with Crippen LogP contribution in [0.4, 0.5) is 0 Å². The smallest absolute Gasteiger partial charge is 0.119 e. The fraction of sp³-hybridized carbons (Fsp3) is 0.462. The van der Waals surface area contributed by atoms with Crippen LogP contribution in [0, 0.1) is 0 Å². The molecule has 8 heteroatoms. The third-order valence-electron chi connectivity index (χ3n) is 6.23. The number of piperidine rings is 2. The van der Waals surface area contributed by atoms with Gasteiger partial charge in [0, 0.05) is 65.0 Å². The van der Waals surface area contributed by atoms with Gasteiger partial charge in [-0.05, 0) is 35.4 Å². The molecule has 184 valence electrons. The van der Waals surface area contributed by atoms with E-state index in [0.717, 1.165) is 87.9 Å². The second-order valence-electron chi connectivity index (χ2n) is 8.59. The van der Waals surface area contributed by atoms with Gasteiger partial charge in [0.1, 0.15) is 11.5 Å². The van der Waals surface area contributed by atoms with Crippen molar-refractivity contribution in [3.63, 3.8) is 0 Å². The number of hydrogen-bond acceptors (Lipinski definition) is 8. The van der Waals surface area contributed by atoms with Crippen LogP contribution in [-0.4, -0.2) is 72.0 Å². The van der Waals surface area contributed by atoms with Crippen LogP contribution in [0.15, 0.2) is 58.8 Å². The fourth-order valence-electron chi connectivity index (χ4n) is 4.20. The van der Waals surface area contributed by atoms with Crippen molar-refractivity contribution in [3.8, 4) is 11.5 Å². The Balaban J connectivity index is 0.000000191. The first-order valence-electron chi connectivity index (χ1n) is 11.7. The molecule has 8 nitrogen and oxygen atoms in total. The van der Waals surface area contributed by atoms with E-state index < -0.39 is 0 Å². The summed E-state index contributed by atoms with van der Waals surface area (Å²) in [6, 6.07) is 16.3. The van der Waals surface area contributed by atoms with E-state index in [1.807, 2.05) is 24.3 Å². The van der Waals surface area contributed by atoms with Crippen molar-refractivity contribution >= 4 is 11.4 Å². The molecular weight excluding hydrogens is 432 g/mol. The maximum atomic E-state index is 8.69. The molecule has 34 heavy (non-hydrogen) atoms. The standard InChI is InChI=1S/2C13H18N2O2/c2*1-17-13-4-2-3-11(9-13)10-15-7-5-12(14-16)6-8-15/h2*2-4,9,16H,5-8,10H2,1H3. The highest BCUT2D eigenvalue weighted by Gasteiger charge is 2.16. The highest BCUT2D eigenvalue weighted by Crippen LogP contribution is 2.18. The summed E-state index contributed by atoms with van der Waals surface area (Å²) in [6.45, 7) is 5.67. The predicted octanol–water partition coefficient (Wildman–Crippen LogP) is 4.24. The predicted molar refractivity (Wildman–Crippen MR) is 133 cm³/mol. The summed E-state index contributed by atoms with van der Waals surface area (Å²) < 4.78 is 10.4. The van der Waals surface area contributed by atoms with Crippen molar-refractivity contribution in [2.75, 3.05) is 40.4 Å². The zero-order valence-electron chi connectivity index (χ0n) is 20.2. The minimum atomic E-state index is 0.862. The molecule has 0 spiro atoms. The Morgan fingerprint density at radius 3 is 1.38 bits per heavy atom. The van der Waals surface area contributed by atoms with E-state index in [4.69, 9.17) is 19.9 Å². The van der Waals surface area contributed by atoms with E-state index in [2.05, 4.69) is 44.4 Å². The molecule has 2 saturated heterocycles. The molecule has 0 atom stereocenters. The van der Waals surface area contributed by atoms with Crippen LogP contribution in [-0.2, 0) is 13.1 Å². The van der Waals surface area contributed by atoms with Gasteiger partial charge < -0.3 is 19.9 Å². The van der Waals surface area contributed by atoms with Crippen molar-refractivity contribution in [2.45, 2.75) is 38.8 Å². The molecule has 0 aromatic heterocycles. The van der Waals surface area contributed by atoms with Gasteiger partial charge in [-0.1, -0.05) is 34.6 Å². The summed E-state index contributed by atoms with van der Waals surface area (Å²) in [5, 5.41) is 23.9. The molecule has 2 aromatic carbocycles. The minimum Gasteiger partial charge on any atom is -0.497 e. The molecule has 2 heterocycles. The Kier molecular flexibility index (Phi) is 10.2. The van der Waals surface area contributed by atoms with Gasteiger partial charge in [-0.15, -0.1) is 0 Å². The van der Waals surface area contributed by atoms with Crippen LogP contribution in [0.3, 0.4) is 0 Å². The van der Waals surface area contributed by atoms with E-state index in [1.54, 1.807) is 14.2 Å². The maximum absolute atomic E-state index is 8.69. The number of nitrogens with zero attached hydrogens (tertiary/aromatic N) is 4. The molecule has 0 aliphatic carbocycles. The Morgan fingerprint density at radius 2 is 1.06 bits per heavy atom. The Morgan fingerprint density at radius 1 is 0.676 bits per heavy atom. The van der Waals surface area contributed by atoms with Crippen LogP contribution in [0.5, 0.6) is 11.5 Å². The van der Waals surface area contributed by atoms with E-state index in [-0.39, 0.29) is 0 Å². The lowest BCUT2D eigenvalue weighted by Gasteiger charge is -2.27. The van der Waals surface area contributed by atoms with E-state index in [9.17, 15) is 0 Å². The molecule has 0 saturated carbocycles. The van der Waals surface area contributed by atoms with Crippen LogP contribution >= 0.6 is 0 Å². The largest absolute Gasteiger partial charge is 0.497 e. The number of ether oxygens (including phenoxy) is 2. The summed E-state index contributed by atoms with van der Waals surface area (Å²) in [5.74, 6) is 1.80. The van der Waals surface area contributed by atoms with Crippen LogP contribution in [0.25, 0.3) is 0 Å². The van der Waals surface area contributed by atoms with Gasteiger partial charge in [-0.3, -0.25) is 9.80 Å².